The van der Waals surface area contributed by atoms with Crippen molar-refractivity contribution in [1.82, 2.24) is 24.7 Å². The van der Waals surface area contributed by atoms with E-state index in [4.69, 9.17) is 0 Å². The van der Waals surface area contributed by atoms with E-state index in [1.807, 2.05) is 19.2 Å². The molecular weight excluding hydrogens is 264 g/mol. The van der Waals surface area contributed by atoms with E-state index in [0.717, 1.165) is 11.1 Å². The quantitative estimate of drug-likeness (QED) is 0.797. The summed E-state index contributed by atoms with van der Waals surface area (Å²) >= 11 is 0. The monoisotopic (exact) mass is 280 g/mol. The number of anilines is 1. The lowest BCUT2D eigenvalue weighted by atomic mass is 10.1. The van der Waals surface area contributed by atoms with Crippen LogP contribution in [0.25, 0.3) is 17.3 Å². The molecule has 2 heterocycles. The Labute approximate surface area is 122 Å². The second-order valence-corrected chi connectivity index (χ2v) is 4.80. The number of hydrogen-bond acceptors (Lipinski definition) is 5. The molecule has 0 aliphatic rings. The summed E-state index contributed by atoms with van der Waals surface area (Å²) in [7, 11) is 1.79. The normalized spacial score (nSPS) is 10.6. The van der Waals surface area contributed by atoms with Crippen molar-refractivity contribution in [2.75, 3.05) is 12.4 Å². The van der Waals surface area contributed by atoms with Gasteiger partial charge in [0.1, 0.15) is 0 Å². The number of aryl methyl sites for hydroxylation is 2. The van der Waals surface area contributed by atoms with E-state index in [-0.39, 0.29) is 0 Å². The van der Waals surface area contributed by atoms with Crippen LogP contribution in [0.2, 0.25) is 0 Å². The molecule has 106 valence electrons. The number of aromatic nitrogens is 5. The number of nitrogens with one attached hydrogen (secondary N) is 1. The zero-order chi connectivity index (χ0) is 14.8. The van der Waals surface area contributed by atoms with Gasteiger partial charge in [-0.25, -0.2) is 4.68 Å². The maximum Gasteiger partial charge on any atom is 0.255 e. The van der Waals surface area contributed by atoms with Crippen LogP contribution in [0.3, 0.4) is 0 Å². The molecule has 0 bridgehead atoms. The molecule has 21 heavy (non-hydrogen) atoms. The zero-order valence-electron chi connectivity index (χ0n) is 12.2. The molecule has 3 aromatic rings. The van der Waals surface area contributed by atoms with E-state index in [1.165, 1.54) is 5.56 Å². The highest BCUT2D eigenvalue weighted by Crippen LogP contribution is 2.22. The third-order valence-corrected chi connectivity index (χ3v) is 3.19. The Morgan fingerprint density at radius 1 is 1.10 bits per heavy atom. The summed E-state index contributed by atoms with van der Waals surface area (Å²) in [6, 6.07) is 8.06. The van der Waals surface area contributed by atoms with Gasteiger partial charge in [0.25, 0.3) is 5.95 Å². The van der Waals surface area contributed by atoms with Crippen molar-refractivity contribution in [1.29, 1.82) is 0 Å². The molecule has 1 aromatic carbocycles. The van der Waals surface area contributed by atoms with Gasteiger partial charge in [0.15, 0.2) is 5.82 Å². The van der Waals surface area contributed by atoms with Crippen molar-refractivity contribution in [3.05, 3.63) is 47.8 Å². The highest BCUT2D eigenvalue weighted by atomic mass is 15.4. The summed E-state index contributed by atoms with van der Waals surface area (Å²) in [6.45, 7) is 4.10. The van der Waals surface area contributed by atoms with Gasteiger partial charge in [-0.15, -0.1) is 0 Å². The summed E-state index contributed by atoms with van der Waals surface area (Å²) in [5.41, 5.74) is 3.30. The molecule has 0 aliphatic carbocycles. The van der Waals surface area contributed by atoms with Crippen molar-refractivity contribution >= 4 is 5.95 Å². The molecular formula is C15H16N6. The van der Waals surface area contributed by atoms with E-state index in [1.54, 1.807) is 17.9 Å². The Bertz CT molecular complexity index is 764. The summed E-state index contributed by atoms with van der Waals surface area (Å²) in [6.07, 6.45) is 3.50. The van der Waals surface area contributed by atoms with Gasteiger partial charge in [-0.1, -0.05) is 17.7 Å². The molecule has 0 radical (unpaired) electrons. The molecule has 1 N–H and O–H groups in total. The SMILES string of the molecule is CNc1nc(-c2cc(C)ccc2C)nc(-n2cccn2)n1. The minimum absolute atomic E-state index is 0.496. The fourth-order valence-electron chi connectivity index (χ4n) is 2.06. The molecule has 0 saturated heterocycles. The molecule has 3 rings (SSSR count). The summed E-state index contributed by atoms with van der Waals surface area (Å²) in [5.74, 6) is 1.66. The summed E-state index contributed by atoms with van der Waals surface area (Å²) < 4.78 is 1.62. The van der Waals surface area contributed by atoms with Crippen LogP contribution in [0.1, 0.15) is 11.1 Å². The van der Waals surface area contributed by atoms with Gasteiger partial charge in [0.2, 0.25) is 5.95 Å². The molecule has 0 spiro atoms. The molecule has 0 saturated carbocycles. The molecule has 2 aromatic heterocycles. The van der Waals surface area contributed by atoms with Gasteiger partial charge in [-0.2, -0.15) is 20.1 Å². The van der Waals surface area contributed by atoms with Crippen molar-refractivity contribution < 1.29 is 0 Å². The fraction of sp³-hybridized carbons (Fsp3) is 0.200. The Morgan fingerprint density at radius 2 is 1.95 bits per heavy atom. The zero-order valence-corrected chi connectivity index (χ0v) is 12.2. The number of nitrogens with zero attached hydrogens (tertiary/aromatic N) is 5. The smallest absolute Gasteiger partial charge is 0.255 e. The van der Waals surface area contributed by atoms with Gasteiger partial charge >= 0.3 is 0 Å². The lowest BCUT2D eigenvalue weighted by Gasteiger charge is -2.09. The van der Waals surface area contributed by atoms with Crippen LogP contribution < -0.4 is 5.32 Å². The standard InChI is InChI=1S/C15H16N6/c1-10-5-6-11(2)12(9-10)13-18-14(16-3)20-15(19-13)21-8-4-7-17-21/h4-9H,1-3H3,(H,16,18,19,20). The van der Waals surface area contributed by atoms with Crippen LogP contribution in [-0.4, -0.2) is 31.8 Å². The predicted molar refractivity (Wildman–Crippen MR) is 81.4 cm³/mol. The van der Waals surface area contributed by atoms with Crippen LogP contribution in [0.4, 0.5) is 5.95 Å². The number of rotatable bonds is 3. The molecule has 6 nitrogen and oxygen atoms in total. The molecule has 6 heteroatoms. The van der Waals surface area contributed by atoms with Crippen molar-refractivity contribution in [3.8, 4) is 17.3 Å². The third kappa shape index (κ3) is 2.60. The Morgan fingerprint density at radius 3 is 2.67 bits per heavy atom. The first-order valence-corrected chi connectivity index (χ1v) is 6.69. The number of hydrogen-bond donors (Lipinski definition) is 1. The minimum atomic E-state index is 0.496. The Balaban J connectivity index is 2.18. The Kier molecular flexibility index (Phi) is 3.35. The van der Waals surface area contributed by atoms with Gasteiger partial charge < -0.3 is 5.32 Å². The average molecular weight is 280 g/mol. The van der Waals surface area contributed by atoms with Gasteiger partial charge in [0.05, 0.1) is 0 Å². The van der Waals surface area contributed by atoms with E-state index < -0.39 is 0 Å². The molecule has 0 atom stereocenters. The first kappa shape index (κ1) is 13.2. The fourth-order valence-corrected chi connectivity index (χ4v) is 2.06. The molecule has 0 amide bonds. The summed E-state index contributed by atoms with van der Waals surface area (Å²) in [4.78, 5) is 13.3. The average Bonchev–Trinajstić information content (AvgIpc) is 3.03. The molecule has 0 aliphatic heterocycles. The van der Waals surface area contributed by atoms with Crippen molar-refractivity contribution in [2.45, 2.75) is 13.8 Å². The van der Waals surface area contributed by atoms with Crippen LogP contribution in [-0.2, 0) is 0 Å². The predicted octanol–water partition coefficient (Wildman–Crippen LogP) is 2.38. The van der Waals surface area contributed by atoms with Crippen molar-refractivity contribution in [3.63, 3.8) is 0 Å². The molecule has 0 fully saturated rings. The van der Waals surface area contributed by atoms with E-state index in [0.29, 0.717) is 17.7 Å². The van der Waals surface area contributed by atoms with Crippen LogP contribution in [0.15, 0.2) is 36.7 Å². The van der Waals surface area contributed by atoms with Gasteiger partial charge in [-0.05, 0) is 31.5 Å². The van der Waals surface area contributed by atoms with Crippen molar-refractivity contribution in [2.24, 2.45) is 0 Å². The summed E-state index contributed by atoms with van der Waals surface area (Å²) in [5, 5.41) is 7.14. The maximum atomic E-state index is 4.53. The van der Waals surface area contributed by atoms with E-state index >= 15 is 0 Å². The van der Waals surface area contributed by atoms with Crippen LogP contribution in [0, 0.1) is 13.8 Å². The molecule has 0 unspecified atom stereocenters. The minimum Gasteiger partial charge on any atom is -0.357 e. The highest BCUT2D eigenvalue weighted by Gasteiger charge is 2.11. The maximum absolute atomic E-state index is 4.53. The first-order valence-electron chi connectivity index (χ1n) is 6.69. The first-order chi connectivity index (χ1) is 10.2. The second-order valence-electron chi connectivity index (χ2n) is 4.80. The number of benzene rings is 1. The van der Waals surface area contributed by atoms with E-state index in [2.05, 4.69) is 50.5 Å². The largest absolute Gasteiger partial charge is 0.357 e. The topological polar surface area (TPSA) is 68.5 Å². The second kappa shape index (κ2) is 5.32. The lowest BCUT2D eigenvalue weighted by Crippen LogP contribution is -2.08. The van der Waals surface area contributed by atoms with Crippen LogP contribution >= 0.6 is 0 Å². The van der Waals surface area contributed by atoms with Gasteiger partial charge in [-0.3, -0.25) is 0 Å². The van der Waals surface area contributed by atoms with Crippen LogP contribution in [0.5, 0.6) is 0 Å². The third-order valence-electron chi connectivity index (χ3n) is 3.19. The lowest BCUT2D eigenvalue weighted by molar-refractivity contribution is 0.799. The van der Waals surface area contributed by atoms with E-state index in [9.17, 15) is 0 Å². The van der Waals surface area contributed by atoms with Gasteiger partial charge in [0, 0.05) is 25.0 Å². The Hall–Kier alpha value is -2.76. The highest BCUT2D eigenvalue weighted by molar-refractivity contribution is 5.62.